The number of Topliss-reactive ketones (excluding diaryl/α,β-unsaturated/α-hetero) is 1. The molecule has 100 valence electrons. The molecule has 1 aromatic carbocycles. The molecule has 0 heterocycles. The topological polar surface area (TPSA) is 34.1 Å². The van der Waals surface area contributed by atoms with Crippen LogP contribution in [-0.2, 0) is 9.59 Å². The number of benzene rings is 1. The van der Waals surface area contributed by atoms with Crippen LogP contribution in [0.15, 0.2) is 36.4 Å². The normalized spacial score (nSPS) is 23.1. The fourth-order valence-corrected chi connectivity index (χ4v) is 2.70. The van der Waals surface area contributed by atoms with Crippen molar-refractivity contribution < 1.29 is 9.59 Å². The van der Waals surface area contributed by atoms with Crippen LogP contribution in [0.2, 0.25) is 0 Å². The maximum absolute atomic E-state index is 11.7. The van der Waals surface area contributed by atoms with Crippen molar-refractivity contribution in [2.45, 2.75) is 39.5 Å². The van der Waals surface area contributed by atoms with Crippen molar-refractivity contribution in [3.8, 4) is 0 Å². The second-order valence-electron chi connectivity index (χ2n) is 5.65. The molecular formula is C17H20O2. The quantitative estimate of drug-likeness (QED) is 0.821. The summed E-state index contributed by atoms with van der Waals surface area (Å²) in [5, 5.41) is 0. The van der Waals surface area contributed by atoms with Crippen LogP contribution in [0.25, 0.3) is 5.57 Å². The average Bonchev–Trinajstić information content (AvgIpc) is 2.41. The fraction of sp³-hybridized carbons (Fsp3) is 0.412. The third-order valence-electron chi connectivity index (χ3n) is 3.99. The molecule has 2 rings (SSSR count). The summed E-state index contributed by atoms with van der Waals surface area (Å²) in [6.07, 6.45) is 4.59. The van der Waals surface area contributed by atoms with Crippen molar-refractivity contribution in [1.29, 1.82) is 0 Å². The van der Waals surface area contributed by atoms with E-state index in [9.17, 15) is 9.59 Å². The van der Waals surface area contributed by atoms with Crippen molar-refractivity contribution in [3.05, 3.63) is 42.0 Å². The average molecular weight is 256 g/mol. The van der Waals surface area contributed by atoms with Gasteiger partial charge in [-0.1, -0.05) is 37.3 Å². The summed E-state index contributed by atoms with van der Waals surface area (Å²) in [6, 6.07) is 10.0. The molecule has 0 saturated carbocycles. The maximum atomic E-state index is 11.7. The number of carbonyl (C=O) groups excluding carboxylic acids is 2. The van der Waals surface area contributed by atoms with E-state index in [1.54, 1.807) is 13.0 Å². The van der Waals surface area contributed by atoms with Crippen LogP contribution < -0.4 is 0 Å². The number of allylic oxidation sites excluding steroid dienone is 2. The van der Waals surface area contributed by atoms with Gasteiger partial charge in [0.1, 0.15) is 5.78 Å². The third-order valence-corrected chi connectivity index (χ3v) is 3.99. The van der Waals surface area contributed by atoms with Gasteiger partial charge in [-0.05, 0) is 42.4 Å². The number of carbonyl (C=O) groups is 2. The molecule has 2 heteroatoms. The molecule has 0 bridgehead atoms. The standard InChI is InChI=1S/C17H20O2/c1-13(18)8-10-17(2)11-9-15(19)12-16(17)14-6-4-3-5-7-14/h3-7,12H,8-11H2,1-2H3. The molecular weight excluding hydrogens is 236 g/mol. The van der Waals surface area contributed by atoms with Gasteiger partial charge in [-0.2, -0.15) is 0 Å². The summed E-state index contributed by atoms with van der Waals surface area (Å²) in [4.78, 5) is 23.0. The van der Waals surface area contributed by atoms with Gasteiger partial charge < -0.3 is 4.79 Å². The number of ketones is 2. The minimum absolute atomic E-state index is 0.0685. The van der Waals surface area contributed by atoms with Gasteiger partial charge in [-0.25, -0.2) is 0 Å². The van der Waals surface area contributed by atoms with Crippen molar-refractivity contribution in [2.24, 2.45) is 5.41 Å². The highest BCUT2D eigenvalue weighted by Gasteiger charge is 2.33. The Bertz CT molecular complexity index is 513. The van der Waals surface area contributed by atoms with Gasteiger partial charge in [0.15, 0.2) is 5.78 Å². The van der Waals surface area contributed by atoms with Crippen LogP contribution in [0.4, 0.5) is 0 Å². The Morgan fingerprint density at radius 1 is 1.26 bits per heavy atom. The van der Waals surface area contributed by atoms with E-state index in [-0.39, 0.29) is 17.0 Å². The Balaban J connectivity index is 2.34. The number of rotatable bonds is 4. The molecule has 0 spiro atoms. The zero-order chi connectivity index (χ0) is 13.9. The lowest BCUT2D eigenvalue weighted by atomic mass is 9.68. The van der Waals surface area contributed by atoms with Crippen LogP contribution in [0.5, 0.6) is 0 Å². The Morgan fingerprint density at radius 3 is 2.58 bits per heavy atom. The second kappa shape index (κ2) is 5.52. The molecule has 0 amide bonds. The van der Waals surface area contributed by atoms with Crippen molar-refractivity contribution in [3.63, 3.8) is 0 Å². The summed E-state index contributed by atoms with van der Waals surface area (Å²) in [7, 11) is 0. The first kappa shape index (κ1) is 13.7. The molecule has 0 radical (unpaired) electrons. The lowest BCUT2D eigenvalue weighted by Crippen LogP contribution is -2.25. The molecule has 0 saturated heterocycles. The van der Waals surface area contributed by atoms with E-state index in [0.717, 1.165) is 24.0 Å². The highest BCUT2D eigenvalue weighted by Crippen LogP contribution is 2.45. The first-order valence-electron chi connectivity index (χ1n) is 6.81. The number of hydrogen-bond acceptors (Lipinski definition) is 2. The summed E-state index contributed by atoms with van der Waals surface area (Å²) in [6.45, 7) is 3.80. The van der Waals surface area contributed by atoms with Gasteiger partial charge in [0.25, 0.3) is 0 Å². The van der Waals surface area contributed by atoms with E-state index in [1.807, 2.05) is 30.3 Å². The fourth-order valence-electron chi connectivity index (χ4n) is 2.70. The molecule has 2 nitrogen and oxygen atoms in total. The lowest BCUT2D eigenvalue weighted by Gasteiger charge is -2.35. The zero-order valence-corrected chi connectivity index (χ0v) is 11.6. The van der Waals surface area contributed by atoms with Gasteiger partial charge in [0, 0.05) is 12.8 Å². The molecule has 1 atom stereocenters. The smallest absolute Gasteiger partial charge is 0.156 e. The molecule has 19 heavy (non-hydrogen) atoms. The van der Waals surface area contributed by atoms with Crippen molar-refractivity contribution in [2.75, 3.05) is 0 Å². The van der Waals surface area contributed by atoms with Gasteiger partial charge in [0.05, 0.1) is 0 Å². The van der Waals surface area contributed by atoms with Crippen molar-refractivity contribution >= 4 is 17.1 Å². The highest BCUT2D eigenvalue weighted by atomic mass is 16.1. The van der Waals surface area contributed by atoms with Crippen LogP contribution in [0, 0.1) is 5.41 Å². The van der Waals surface area contributed by atoms with Crippen LogP contribution in [-0.4, -0.2) is 11.6 Å². The molecule has 0 aromatic heterocycles. The Labute approximate surface area is 114 Å². The minimum Gasteiger partial charge on any atom is -0.300 e. The molecule has 0 aliphatic heterocycles. The van der Waals surface area contributed by atoms with E-state index < -0.39 is 0 Å². The highest BCUT2D eigenvalue weighted by molar-refractivity contribution is 5.99. The molecule has 1 aromatic rings. The predicted molar refractivity (Wildman–Crippen MR) is 76.7 cm³/mol. The van der Waals surface area contributed by atoms with Crippen molar-refractivity contribution in [1.82, 2.24) is 0 Å². The first-order valence-corrected chi connectivity index (χ1v) is 6.81. The molecule has 0 fully saturated rings. The lowest BCUT2D eigenvalue weighted by molar-refractivity contribution is -0.117. The minimum atomic E-state index is -0.0685. The summed E-state index contributed by atoms with van der Waals surface area (Å²) < 4.78 is 0. The van der Waals surface area contributed by atoms with E-state index in [0.29, 0.717) is 12.8 Å². The predicted octanol–water partition coefficient (Wildman–Crippen LogP) is 3.81. The molecule has 1 aliphatic rings. The Kier molecular flexibility index (Phi) is 3.98. The summed E-state index contributed by atoms with van der Waals surface area (Å²) >= 11 is 0. The van der Waals surface area contributed by atoms with E-state index >= 15 is 0 Å². The Hall–Kier alpha value is -1.70. The van der Waals surface area contributed by atoms with E-state index in [4.69, 9.17) is 0 Å². The van der Waals surface area contributed by atoms with Gasteiger partial charge in [-0.15, -0.1) is 0 Å². The number of hydrogen-bond donors (Lipinski definition) is 0. The monoisotopic (exact) mass is 256 g/mol. The molecule has 1 aliphatic carbocycles. The van der Waals surface area contributed by atoms with Gasteiger partial charge in [0.2, 0.25) is 0 Å². The summed E-state index contributed by atoms with van der Waals surface area (Å²) in [5.41, 5.74) is 2.12. The SMILES string of the molecule is CC(=O)CCC1(C)CCC(=O)C=C1c1ccccc1. The van der Waals surface area contributed by atoms with Crippen LogP contribution in [0.3, 0.4) is 0 Å². The largest absolute Gasteiger partial charge is 0.300 e. The maximum Gasteiger partial charge on any atom is 0.156 e. The first-order chi connectivity index (χ1) is 9.01. The van der Waals surface area contributed by atoms with E-state index in [1.165, 1.54) is 0 Å². The Morgan fingerprint density at radius 2 is 1.95 bits per heavy atom. The second-order valence-corrected chi connectivity index (χ2v) is 5.65. The zero-order valence-electron chi connectivity index (χ0n) is 11.6. The molecule has 0 N–H and O–H groups in total. The van der Waals surface area contributed by atoms with E-state index in [2.05, 4.69) is 6.92 Å². The van der Waals surface area contributed by atoms with Gasteiger partial charge >= 0.3 is 0 Å². The van der Waals surface area contributed by atoms with Gasteiger partial charge in [-0.3, -0.25) is 4.79 Å². The van der Waals surface area contributed by atoms with Crippen LogP contribution in [0.1, 0.15) is 45.1 Å². The summed E-state index contributed by atoms with van der Waals surface area (Å²) in [5.74, 6) is 0.407. The third kappa shape index (κ3) is 3.19. The molecule has 1 unspecified atom stereocenters. The van der Waals surface area contributed by atoms with Crippen LogP contribution >= 0.6 is 0 Å².